The number of amides is 1. The highest BCUT2D eigenvalue weighted by molar-refractivity contribution is 5.75. The van der Waals surface area contributed by atoms with Crippen molar-refractivity contribution in [1.29, 1.82) is 0 Å². The molecule has 0 saturated heterocycles. The monoisotopic (exact) mass is 519 g/mol. The van der Waals surface area contributed by atoms with Gasteiger partial charge in [0.25, 0.3) is 0 Å². The minimum Gasteiger partial charge on any atom is -0.393 e. The largest absolute Gasteiger partial charge is 0.393 e. The molecule has 37 heavy (non-hydrogen) atoms. The van der Waals surface area contributed by atoms with E-state index >= 15 is 0 Å². The molecular formula is C31H57N3O3. The average Bonchev–Trinajstić information content (AvgIpc) is 3.20. The first-order valence-electron chi connectivity index (χ1n) is 15.6. The molecule has 0 bridgehead atoms. The molecule has 5 N–H and O–H groups in total. The molecule has 4 fully saturated rings. The molecule has 0 unspecified atom stereocenters. The number of fused-ring (bicyclic) bond motifs is 5. The third kappa shape index (κ3) is 6.07. The van der Waals surface area contributed by atoms with Gasteiger partial charge in [0, 0.05) is 13.0 Å². The molecule has 4 aliphatic carbocycles. The maximum Gasteiger partial charge on any atom is 0.220 e. The van der Waals surface area contributed by atoms with E-state index < -0.39 is 0 Å². The van der Waals surface area contributed by atoms with Crippen molar-refractivity contribution in [3.63, 3.8) is 0 Å². The number of carbonyl (C=O) groups is 1. The Hall–Kier alpha value is -0.690. The van der Waals surface area contributed by atoms with Crippen LogP contribution in [0.3, 0.4) is 0 Å². The number of aliphatic hydroxyl groups is 2. The van der Waals surface area contributed by atoms with E-state index in [2.05, 4.69) is 38.0 Å². The quantitative estimate of drug-likeness (QED) is 0.307. The van der Waals surface area contributed by atoms with Crippen LogP contribution in [-0.2, 0) is 4.79 Å². The number of nitrogens with one attached hydrogen (secondary N) is 1. The van der Waals surface area contributed by atoms with Crippen LogP contribution in [-0.4, -0.2) is 66.5 Å². The fourth-order valence-corrected chi connectivity index (χ4v) is 10.0. The van der Waals surface area contributed by atoms with Gasteiger partial charge in [-0.1, -0.05) is 20.8 Å². The van der Waals surface area contributed by atoms with Crippen molar-refractivity contribution < 1.29 is 15.0 Å². The summed E-state index contributed by atoms with van der Waals surface area (Å²) in [7, 11) is 2.12. The Kier molecular flexibility index (Phi) is 9.68. The van der Waals surface area contributed by atoms with Gasteiger partial charge in [-0.05, 0) is 144 Å². The van der Waals surface area contributed by atoms with Crippen molar-refractivity contribution in [3.8, 4) is 0 Å². The predicted octanol–water partition coefficient (Wildman–Crippen LogP) is 4.18. The summed E-state index contributed by atoms with van der Waals surface area (Å²) >= 11 is 0. The highest BCUT2D eigenvalue weighted by Crippen LogP contribution is 2.68. The van der Waals surface area contributed by atoms with Crippen molar-refractivity contribution >= 4 is 5.91 Å². The zero-order valence-electron chi connectivity index (χ0n) is 24.3. The maximum absolute atomic E-state index is 12.6. The Morgan fingerprint density at radius 2 is 1.84 bits per heavy atom. The second-order valence-corrected chi connectivity index (χ2v) is 14.1. The van der Waals surface area contributed by atoms with Crippen LogP contribution in [0.15, 0.2) is 0 Å². The molecule has 6 nitrogen and oxygen atoms in total. The van der Waals surface area contributed by atoms with E-state index in [9.17, 15) is 15.0 Å². The standard InChI is InChI=1S/C31H57N3O3/c1-21(7-12-28(37)33-16-6-18-34(4)17-5-15-32)25-10-11-26-24-9-8-22-19-23(35)13-14-30(22,2)29(24)27(36)20-31(25,26)3/h21-27,29,35-36H,5-20,32H2,1-4H3,(H,33,37)/t21-,22-,23-,24+,25-,26-,27-,29-,30+,31-/m1/s1. The Morgan fingerprint density at radius 3 is 2.59 bits per heavy atom. The summed E-state index contributed by atoms with van der Waals surface area (Å²) in [6.07, 6.45) is 12.0. The summed E-state index contributed by atoms with van der Waals surface area (Å²) in [6.45, 7) is 10.8. The highest BCUT2D eigenvalue weighted by atomic mass is 16.3. The highest BCUT2D eigenvalue weighted by Gasteiger charge is 2.63. The first-order valence-corrected chi connectivity index (χ1v) is 15.6. The van der Waals surface area contributed by atoms with Crippen LogP contribution in [0.25, 0.3) is 0 Å². The smallest absolute Gasteiger partial charge is 0.220 e. The summed E-state index contributed by atoms with van der Waals surface area (Å²) in [5, 5.41) is 25.1. The van der Waals surface area contributed by atoms with Crippen molar-refractivity contribution in [2.24, 2.45) is 52.1 Å². The molecule has 0 aromatic rings. The molecule has 0 spiro atoms. The van der Waals surface area contributed by atoms with Crippen molar-refractivity contribution in [1.82, 2.24) is 10.2 Å². The number of nitrogens with zero attached hydrogens (tertiary/aromatic N) is 1. The van der Waals surface area contributed by atoms with E-state index in [1.165, 1.54) is 25.7 Å². The zero-order chi connectivity index (χ0) is 26.8. The van der Waals surface area contributed by atoms with E-state index in [4.69, 9.17) is 5.73 Å². The Balaban J connectivity index is 1.28. The van der Waals surface area contributed by atoms with Crippen LogP contribution in [0.1, 0.15) is 97.8 Å². The van der Waals surface area contributed by atoms with Gasteiger partial charge in [0.05, 0.1) is 12.2 Å². The Labute approximate surface area is 226 Å². The zero-order valence-corrected chi connectivity index (χ0v) is 24.3. The van der Waals surface area contributed by atoms with E-state index in [0.717, 1.165) is 71.1 Å². The third-order valence-electron chi connectivity index (χ3n) is 11.9. The lowest BCUT2D eigenvalue weighted by Gasteiger charge is -2.62. The topological polar surface area (TPSA) is 98.8 Å². The lowest BCUT2D eigenvalue weighted by molar-refractivity contribution is -0.179. The van der Waals surface area contributed by atoms with Gasteiger partial charge in [-0.2, -0.15) is 0 Å². The summed E-state index contributed by atoms with van der Waals surface area (Å²) < 4.78 is 0. The van der Waals surface area contributed by atoms with Gasteiger partial charge in [0.1, 0.15) is 0 Å². The molecule has 0 aromatic heterocycles. The van der Waals surface area contributed by atoms with Crippen LogP contribution in [0.2, 0.25) is 0 Å². The number of rotatable bonds is 11. The molecule has 214 valence electrons. The molecule has 1 amide bonds. The molecule has 10 atom stereocenters. The fraction of sp³-hybridized carbons (Fsp3) is 0.968. The van der Waals surface area contributed by atoms with Crippen molar-refractivity contribution in [3.05, 3.63) is 0 Å². The van der Waals surface area contributed by atoms with E-state index in [0.29, 0.717) is 41.9 Å². The Morgan fingerprint density at radius 1 is 1.08 bits per heavy atom. The SMILES string of the molecule is C[C@H](CCC(=O)NCCCN(C)CCCN)[C@H]1CC[C@@H]2[C@@H]3CC[C@@H]4C[C@H](O)CC[C@]4(C)[C@H]3[C@H](O)C[C@@]21C. The fourth-order valence-electron chi connectivity index (χ4n) is 10.0. The van der Waals surface area contributed by atoms with Gasteiger partial charge in [0.15, 0.2) is 0 Å². The van der Waals surface area contributed by atoms with Crippen LogP contribution in [0.5, 0.6) is 0 Å². The lowest BCUT2D eigenvalue weighted by atomic mass is 9.43. The molecule has 6 heteroatoms. The molecule has 0 heterocycles. The summed E-state index contributed by atoms with van der Waals surface area (Å²) in [5.41, 5.74) is 5.95. The second-order valence-electron chi connectivity index (χ2n) is 14.1. The molecule has 0 aliphatic heterocycles. The summed E-state index contributed by atoms with van der Waals surface area (Å²) in [5.74, 6) is 3.56. The number of nitrogens with two attached hydrogens (primary N) is 1. The minimum absolute atomic E-state index is 0.141. The van der Waals surface area contributed by atoms with Gasteiger partial charge < -0.3 is 26.2 Å². The Bertz CT molecular complexity index is 764. The summed E-state index contributed by atoms with van der Waals surface area (Å²) in [6, 6.07) is 0. The molecule has 4 aliphatic rings. The normalized spacial score (nSPS) is 42.1. The third-order valence-corrected chi connectivity index (χ3v) is 11.9. The van der Waals surface area contributed by atoms with Crippen LogP contribution < -0.4 is 11.1 Å². The first kappa shape index (κ1) is 29.3. The minimum atomic E-state index is -0.228. The van der Waals surface area contributed by atoms with Gasteiger partial charge >= 0.3 is 0 Å². The molecule has 0 radical (unpaired) electrons. The molecule has 4 rings (SSSR count). The second kappa shape index (κ2) is 12.2. The van der Waals surface area contributed by atoms with E-state index in [1.54, 1.807) is 0 Å². The van der Waals surface area contributed by atoms with Crippen molar-refractivity contribution in [2.45, 2.75) is 110 Å². The van der Waals surface area contributed by atoms with E-state index in [-0.39, 0.29) is 28.9 Å². The number of carbonyl (C=O) groups excluding carboxylic acids is 1. The van der Waals surface area contributed by atoms with Crippen LogP contribution in [0.4, 0.5) is 0 Å². The number of hydrogen-bond donors (Lipinski definition) is 4. The maximum atomic E-state index is 12.6. The molecule has 4 saturated carbocycles. The average molecular weight is 520 g/mol. The number of aliphatic hydroxyl groups excluding tert-OH is 2. The first-order chi connectivity index (χ1) is 17.6. The molecular weight excluding hydrogens is 462 g/mol. The van der Waals surface area contributed by atoms with Crippen LogP contribution >= 0.6 is 0 Å². The van der Waals surface area contributed by atoms with Crippen molar-refractivity contribution in [2.75, 3.05) is 33.2 Å². The van der Waals surface area contributed by atoms with Gasteiger partial charge in [-0.25, -0.2) is 0 Å². The van der Waals surface area contributed by atoms with Gasteiger partial charge in [-0.15, -0.1) is 0 Å². The van der Waals surface area contributed by atoms with E-state index in [1.807, 2.05) is 0 Å². The van der Waals surface area contributed by atoms with Crippen LogP contribution in [0, 0.1) is 46.3 Å². The lowest BCUT2D eigenvalue weighted by Crippen LogP contribution is -2.59. The predicted molar refractivity (Wildman–Crippen MR) is 150 cm³/mol. The van der Waals surface area contributed by atoms with Gasteiger partial charge in [-0.3, -0.25) is 4.79 Å². The summed E-state index contributed by atoms with van der Waals surface area (Å²) in [4.78, 5) is 14.9. The van der Waals surface area contributed by atoms with Gasteiger partial charge in [0.2, 0.25) is 5.91 Å². The molecule has 0 aromatic carbocycles. The number of hydrogen-bond acceptors (Lipinski definition) is 5.